The van der Waals surface area contributed by atoms with Gasteiger partial charge >= 0.3 is 0 Å². The van der Waals surface area contributed by atoms with Crippen molar-refractivity contribution in [2.45, 2.75) is 39.2 Å². The van der Waals surface area contributed by atoms with Gasteiger partial charge in [-0.15, -0.1) is 0 Å². The molecule has 2 heteroatoms. The van der Waals surface area contributed by atoms with Crippen LogP contribution < -0.4 is 5.73 Å². The smallest absolute Gasteiger partial charge is 0.0551 e. The molecule has 0 aliphatic carbocycles. The van der Waals surface area contributed by atoms with Gasteiger partial charge in [-0.25, -0.2) is 0 Å². The lowest BCUT2D eigenvalue weighted by molar-refractivity contribution is 0.589. The monoisotopic (exact) mass is 287 g/mol. The Morgan fingerprint density at radius 2 is 1.50 bits per heavy atom. The molecule has 20 heavy (non-hydrogen) atoms. The first-order chi connectivity index (χ1) is 9.29. The van der Waals surface area contributed by atoms with Crippen molar-refractivity contribution in [1.82, 2.24) is 0 Å². The molecule has 0 bridgehead atoms. The topological polar surface area (TPSA) is 26.0 Å². The first kappa shape index (κ1) is 15.1. The van der Waals surface area contributed by atoms with E-state index in [1.165, 1.54) is 5.56 Å². The molecule has 0 fully saturated rings. The molecule has 2 aromatic rings. The fourth-order valence-electron chi connectivity index (χ4n) is 2.24. The Kier molecular flexibility index (Phi) is 4.22. The van der Waals surface area contributed by atoms with Gasteiger partial charge in [-0.2, -0.15) is 0 Å². The maximum Gasteiger partial charge on any atom is 0.0551 e. The Morgan fingerprint density at radius 1 is 0.950 bits per heavy atom. The summed E-state index contributed by atoms with van der Waals surface area (Å²) in [7, 11) is 0. The molecule has 0 heterocycles. The van der Waals surface area contributed by atoms with Gasteiger partial charge in [0.05, 0.1) is 6.04 Å². The minimum atomic E-state index is -0.111. The Bertz CT molecular complexity index is 594. The third-order valence-corrected chi connectivity index (χ3v) is 4.10. The number of nitrogens with two attached hydrogens (primary N) is 1. The molecule has 106 valence electrons. The van der Waals surface area contributed by atoms with E-state index < -0.39 is 0 Å². The summed E-state index contributed by atoms with van der Waals surface area (Å²) in [5.74, 6) is 0. The minimum Gasteiger partial charge on any atom is -0.320 e. The second-order valence-electron chi connectivity index (χ2n) is 6.36. The predicted octanol–water partition coefficient (Wildman–Crippen LogP) is 4.99. The molecular formula is C18H22ClN. The lowest BCUT2D eigenvalue weighted by Crippen LogP contribution is -2.14. The molecule has 0 spiro atoms. The number of aryl methyl sites for hydroxylation is 1. The van der Waals surface area contributed by atoms with Gasteiger partial charge in [-0.1, -0.05) is 68.8 Å². The van der Waals surface area contributed by atoms with Gasteiger partial charge in [0.15, 0.2) is 0 Å². The Morgan fingerprint density at radius 3 is 2.00 bits per heavy atom. The molecule has 0 radical (unpaired) electrons. The molecule has 2 N–H and O–H groups in total. The molecule has 2 aromatic carbocycles. The predicted molar refractivity (Wildman–Crippen MR) is 87.4 cm³/mol. The van der Waals surface area contributed by atoms with Crippen LogP contribution in [0.5, 0.6) is 0 Å². The molecule has 0 saturated heterocycles. The summed E-state index contributed by atoms with van der Waals surface area (Å²) in [4.78, 5) is 0. The highest BCUT2D eigenvalue weighted by Gasteiger charge is 2.15. The van der Waals surface area contributed by atoms with E-state index in [4.69, 9.17) is 17.3 Å². The van der Waals surface area contributed by atoms with E-state index in [1.54, 1.807) is 0 Å². The second-order valence-corrected chi connectivity index (χ2v) is 6.77. The van der Waals surface area contributed by atoms with Gasteiger partial charge < -0.3 is 5.73 Å². The van der Waals surface area contributed by atoms with Crippen molar-refractivity contribution in [2.24, 2.45) is 5.73 Å². The van der Waals surface area contributed by atoms with E-state index >= 15 is 0 Å². The molecule has 0 aliphatic heterocycles. The van der Waals surface area contributed by atoms with Crippen molar-refractivity contribution in [1.29, 1.82) is 0 Å². The number of halogens is 1. The van der Waals surface area contributed by atoms with Crippen LogP contribution in [0.3, 0.4) is 0 Å². The summed E-state index contributed by atoms with van der Waals surface area (Å²) in [6.07, 6.45) is 0. The highest BCUT2D eigenvalue weighted by Crippen LogP contribution is 2.27. The van der Waals surface area contributed by atoms with Crippen molar-refractivity contribution in [3.63, 3.8) is 0 Å². The van der Waals surface area contributed by atoms with Crippen molar-refractivity contribution in [3.8, 4) is 0 Å². The number of hydrogen-bond donors (Lipinski definition) is 1. The summed E-state index contributed by atoms with van der Waals surface area (Å²) >= 11 is 6.06. The zero-order chi connectivity index (χ0) is 14.9. The van der Waals surface area contributed by atoms with E-state index in [0.717, 1.165) is 21.7 Å². The summed E-state index contributed by atoms with van der Waals surface area (Å²) in [5, 5.41) is 0.782. The Balaban J connectivity index is 2.29. The number of benzene rings is 2. The summed E-state index contributed by atoms with van der Waals surface area (Å²) in [6, 6.07) is 14.4. The van der Waals surface area contributed by atoms with Gasteiger partial charge in [0.25, 0.3) is 0 Å². The van der Waals surface area contributed by atoms with E-state index in [9.17, 15) is 0 Å². The van der Waals surface area contributed by atoms with Crippen molar-refractivity contribution >= 4 is 11.6 Å². The van der Waals surface area contributed by atoms with E-state index in [0.29, 0.717) is 0 Å². The van der Waals surface area contributed by atoms with Crippen LogP contribution in [0.1, 0.15) is 49.1 Å². The van der Waals surface area contributed by atoms with Crippen LogP contribution in [-0.2, 0) is 5.41 Å². The maximum atomic E-state index is 6.35. The first-order valence-electron chi connectivity index (χ1n) is 6.91. The second kappa shape index (κ2) is 5.59. The lowest BCUT2D eigenvalue weighted by atomic mass is 9.86. The maximum absolute atomic E-state index is 6.35. The zero-order valence-electron chi connectivity index (χ0n) is 12.6. The summed E-state index contributed by atoms with van der Waals surface area (Å²) < 4.78 is 0. The highest BCUT2D eigenvalue weighted by atomic mass is 35.5. The van der Waals surface area contributed by atoms with Gasteiger partial charge in [0.1, 0.15) is 0 Å². The van der Waals surface area contributed by atoms with Crippen molar-refractivity contribution in [2.75, 3.05) is 0 Å². The molecule has 0 saturated carbocycles. The SMILES string of the molecule is Cc1cc(C(N)c2ccc(C(C)(C)C)cc2)ccc1Cl. The zero-order valence-corrected chi connectivity index (χ0v) is 13.3. The summed E-state index contributed by atoms with van der Waals surface area (Å²) in [6.45, 7) is 8.64. The fourth-order valence-corrected chi connectivity index (χ4v) is 2.36. The Hall–Kier alpha value is -1.31. The third kappa shape index (κ3) is 3.23. The lowest BCUT2D eigenvalue weighted by Gasteiger charge is -2.20. The first-order valence-corrected chi connectivity index (χ1v) is 7.29. The average molecular weight is 288 g/mol. The van der Waals surface area contributed by atoms with E-state index in [1.807, 2.05) is 19.1 Å². The quantitative estimate of drug-likeness (QED) is 0.827. The molecule has 1 unspecified atom stereocenters. The highest BCUT2D eigenvalue weighted by molar-refractivity contribution is 6.31. The van der Waals surface area contributed by atoms with Gasteiger partial charge in [0.2, 0.25) is 0 Å². The summed E-state index contributed by atoms with van der Waals surface area (Å²) in [5.41, 5.74) is 11.1. The molecule has 0 aromatic heterocycles. The largest absolute Gasteiger partial charge is 0.320 e. The number of hydrogen-bond acceptors (Lipinski definition) is 1. The fraction of sp³-hybridized carbons (Fsp3) is 0.333. The molecule has 2 rings (SSSR count). The molecule has 0 aliphatic rings. The van der Waals surface area contributed by atoms with E-state index in [-0.39, 0.29) is 11.5 Å². The van der Waals surface area contributed by atoms with Gasteiger partial charge in [-0.3, -0.25) is 0 Å². The van der Waals surface area contributed by atoms with Crippen molar-refractivity contribution < 1.29 is 0 Å². The number of rotatable bonds is 2. The van der Waals surface area contributed by atoms with Crippen LogP contribution in [-0.4, -0.2) is 0 Å². The van der Waals surface area contributed by atoms with Gasteiger partial charge in [0, 0.05) is 5.02 Å². The normalized spacial score (nSPS) is 13.3. The molecular weight excluding hydrogens is 266 g/mol. The van der Waals surface area contributed by atoms with Crippen LogP contribution in [0.15, 0.2) is 42.5 Å². The average Bonchev–Trinajstić information content (AvgIpc) is 2.40. The molecule has 0 amide bonds. The standard InChI is InChI=1S/C18H22ClN/c1-12-11-14(7-10-16(12)19)17(20)13-5-8-15(9-6-13)18(2,3)4/h5-11,17H,20H2,1-4H3. The van der Waals surface area contributed by atoms with Gasteiger partial charge in [-0.05, 0) is 40.7 Å². The van der Waals surface area contributed by atoms with Crippen LogP contribution in [0.4, 0.5) is 0 Å². The van der Waals surface area contributed by atoms with Crippen LogP contribution in [0, 0.1) is 6.92 Å². The van der Waals surface area contributed by atoms with E-state index in [2.05, 4.69) is 51.1 Å². The van der Waals surface area contributed by atoms with Crippen LogP contribution >= 0.6 is 11.6 Å². The van der Waals surface area contributed by atoms with Crippen molar-refractivity contribution in [3.05, 3.63) is 69.7 Å². The van der Waals surface area contributed by atoms with Crippen LogP contribution in [0.25, 0.3) is 0 Å². The third-order valence-electron chi connectivity index (χ3n) is 3.68. The molecule has 1 atom stereocenters. The Labute approximate surface area is 126 Å². The minimum absolute atomic E-state index is 0.111. The molecule has 1 nitrogen and oxygen atoms in total. The van der Waals surface area contributed by atoms with Crippen LogP contribution in [0.2, 0.25) is 5.02 Å².